The monoisotopic (exact) mass is 349 g/mol. The van der Waals surface area contributed by atoms with Crippen LogP contribution in [-0.2, 0) is 14.8 Å². The molecular formula is C18H25N2O3S+. The van der Waals surface area contributed by atoms with Crippen molar-refractivity contribution in [1.29, 1.82) is 0 Å². The number of rotatable bonds is 5. The van der Waals surface area contributed by atoms with E-state index in [-0.39, 0.29) is 5.54 Å². The largest absolute Gasteiger partial charge is 0.370 e. The third-order valence-electron chi connectivity index (χ3n) is 4.79. The molecule has 24 heavy (non-hydrogen) atoms. The van der Waals surface area contributed by atoms with E-state index in [1.165, 1.54) is 4.90 Å². The van der Waals surface area contributed by atoms with Gasteiger partial charge in [-0.05, 0) is 36.8 Å². The number of hydrogen-bond donors (Lipinski definition) is 2. The number of sulfonamides is 1. The van der Waals surface area contributed by atoms with Crippen molar-refractivity contribution in [3.63, 3.8) is 0 Å². The number of ether oxygens (including phenoxy) is 1. The number of nitrogens with one attached hydrogen (secondary N) is 2. The van der Waals surface area contributed by atoms with Crippen LogP contribution in [0.15, 0.2) is 47.4 Å². The lowest BCUT2D eigenvalue weighted by atomic mass is 10.0. The molecular weight excluding hydrogens is 324 g/mol. The summed E-state index contributed by atoms with van der Waals surface area (Å²) < 4.78 is 33.5. The molecule has 3 rings (SSSR count). The quantitative estimate of drug-likeness (QED) is 0.840. The molecule has 0 aromatic heterocycles. The first-order valence-electron chi connectivity index (χ1n) is 8.30. The van der Waals surface area contributed by atoms with Crippen LogP contribution in [0.3, 0.4) is 0 Å². The second kappa shape index (κ2) is 6.80. The zero-order chi connectivity index (χ0) is 17.2. The van der Waals surface area contributed by atoms with Crippen molar-refractivity contribution in [1.82, 2.24) is 4.72 Å². The van der Waals surface area contributed by atoms with Crippen LogP contribution in [0.4, 0.5) is 0 Å². The topological polar surface area (TPSA) is 59.8 Å². The lowest BCUT2D eigenvalue weighted by molar-refractivity contribution is -0.954. The van der Waals surface area contributed by atoms with E-state index >= 15 is 0 Å². The van der Waals surface area contributed by atoms with Gasteiger partial charge >= 0.3 is 0 Å². The van der Waals surface area contributed by atoms with Gasteiger partial charge < -0.3 is 9.64 Å². The molecule has 1 aliphatic rings. The number of benzene rings is 2. The van der Waals surface area contributed by atoms with Crippen LogP contribution < -0.4 is 9.62 Å². The van der Waals surface area contributed by atoms with Gasteiger partial charge in [-0.25, -0.2) is 13.1 Å². The van der Waals surface area contributed by atoms with Crippen LogP contribution in [0.2, 0.25) is 0 Å². The third-order valence-corrected chi connectivity index (χ3v) is 6.19. The highest BCUT2D eigenvalue weighted by Crippen LogP contribution is 2.19. The molecule has 6 heteroatoms. The van der Waals surface area contributed by atoms with Gasteiger partial charge in [0.1, 0.15) is 18.6 Å². The van der Waals surface area contributed by atoms with E-state index in [1.807, 2.05) is 30.3 Å². The fraction of sp³-hybridized carbons (Fsp3) is 0.444. The molecule has 1 heterocycles. The minimum atomic E-state index is -3.52. The van der Waals surface area contributed by atoms with Crippen LogP contribution in [-0.4, -0.2) is 46.8 Å². The Balaban J connectivity index is 1.74. The maximum atomic E-state index is 12.7. The van der Waals surface area contributed by atoms with Crippen molar-refractivity contribution in [3.05, 3.63) is 42.5 Å². The number of quaternary nitrogens is 1. The number of hydrogen-bond acceptors (Lipinski definition) is 3. The summed E-state index contributed by atoms with van der Waals surface area (Å²) >= 11 is 0. The molecule has 5 nitrogen and oxygen atoms in total. The van der Waals surface area contributed by atoms with E-state index in [0.29, 0.717) is 11.4 Å². The van der Waals surface area contributed by atoms with E-state index in [9.17, 15) is 8.42 Å². The Morgan fingerprint density at radius 1 is 1.08 bits per heavy atom. The summed E-state index contributed by atoms with van der Waals surface area (Å²) in [6.07, 6.45) is 0. The average Bonchev–Trinajstić information content (AvgIpc) is 2.60. The molecule has 2 aromatic rings. The van der Waals surface area contributed by atoms with Crippen molar-refractivity contribution in [2.75, 3.05) is 32.8 Å². The third kappa shape index (κ3) is 3.78. The van der Waals surface area contributed by atoms with Gasteiger partial charge in [0.25, 0.3) is 0 Å². The van der Waals surface area contributed by atoms with E-state index in [1.54, 1.807) is 12.1 Å². The Hall–Kier alpha value is -1.47. The number of fused-ring (bicyclic) bond motifs is 1. The molecule has 0 unspecified atom stereocenters. The summed E-state index contributed by atoms with van der Waals surface area (Å²) in [5, 5.41) is 1.97. The summed E-state index contributed by atoms with van der Waals surface area (Å²) in [6, 6.07) is 13.0. The lowest BCUT2D eigenvalue weighted by Crippen LogP contribution is -3.22. The normalized spacial score (nSPS) is 17.2. The van der Waals surface area contributed by atoms with E-state index in [0.717, 1.165) is 37.1 Å². The molecule has 0 radical (unpaired) electrons. The predicted octanol–water partition coefficient (Wildman–Crippen LogP) is 0.812. The number of morpholine rings is 1. The molecule has 0 spiro atoms. The molecule has 1 saturated heterocycles. The molecule has 2 N–H and O–H groups in total. The van der Waals surface area contributed by atoms with Crippen LogP contribution in [0, 0.1) is 0 Å². The first kappa shape index (κ1) is 17.4. The summed E-state index contributed by atoms with van der Waals surface area (Å²) in [5.74, 6) is 0. The molecule has 0 amide bonds. The zero-order valence-corrected chi connectivity index (χ0v) is 15.0. The fourth-order valence-corrected chi connectivity index (χ4v) is 4.36. The van der Waals surface area contributed by atoms with Gasteiger partial charge in [0.2, 0.25) is 10.0 Å². The lowest BCUT2D eigenvalue weighted by Gasteiger charge is -2.37. The first-order valence-corrected chi connectivity index (χ1v) is 9.78. The molecule has 1 fully saturated rings. The van der Waals surface area contributed by atoms with Crippen LogP contribution in [0.5, 0.6) is 0 Å². The second-order valence-electron chi connectivity index (χ2n) is 6.93. The Kier molecular flexibility index (Phi) is 4.92. The highest BCUT2D eigenvalue weighted by molar-refractivity contribution is 7.89. The van der Waals surface area contributed by atoms with E-state index in [2.05, 4.69) is 18.6 Å². The van der Waals surface area contributed by atoms with Gasteiger partial charge in [0.15, 0.2) is 0 Å². The van der Waals surface area contributed by atoms with Gasteiger partial charge in [-0.2, -0.15) is 0 Å². The van der Waals surface area contributed by atoms with Gasteiger partial charge in [-0.1, -0.05) is 30.3 Å². The van der Waals surface area contributed by atoms with Gasteiger partial charge in [-0.15, -0.1) is 0 Å². The average molecular weight is 349 g/mol. The van der Waals surface area contributed by atoms with Gasteiger partial charge in [-0.3, -0.25) is 0 Å². The Bertz CT molecular complexity index is 812. The summed E-state index contributed by atoms with van der Waals surface area (Å²) in [4.78, 5) is 1.68. The molecule has 0 saturated carbocycles. The Morgan fingerprint density at radius 2 is 1.75 bits per heavy atom. The zero-order valence-electron chi connectivity index (χ0n) is 14.2. The predicted molar refractivity (Wildman–Crippen MR) is 94.7 cm³/mol. The van der Waals surface area contributed by atoms with Crippen molar-refractivity contribution in [3.8, 4) is 0 Å². The first-order chi connectivity index (χ1) is 11.4. The molecule has 0 bridgehead atoms. The minimum absolute atomic E-state index is 0.173. The van der Waals surface area contributed by atoms with Crippen molar-refractivity contribution in [2.45, 2.75) is 24.3 Å². The highest BCUT2D eigenvalue weighted by atomic mass is 32.2. The summed E-state index contributed by atoms with van der Waals surface area (Å²) in [5.41, 5.74) is -0.173. The molecule has 130 valence electrons. The summed E-state index contributed by atoms with van der Waals surface area (Å²) in [7, 11) is -3.52. The Labute approximate surface area is 143 Å². The fourth-order valence-electron chi connectivity index (χ4n) is 3.11. The van der Waals surface area contributed by atoms with Crippen molar-refractivity contribution >= 4 is 20.8 Å². The van der Waals surface area contributed by atoms with E-state index < -0.39 is 10.0 Å². The van der Waals surface area contributed by atoms with Crippen molar-refractivity contribution in [2.24, 2.45) is 0 Å². The minimum Gasteiger partial charge on any atom is -0.370 e. The molecule has 1 aliphatic heterocycles. The SMILES string of the molecule is CC(C)(CNS(=O)(=O)c1ccc2ccccc2c1)[NH+]1CCOCC1. The maximum Gasteiger partial charge on any atom is 0.240 e. The van der Waals surface area contributed by atoms with Crippen LogP contribution in [0.1, 0.15) is 13.8 Å². The highest BCUT2D eigenvalue weighted by Gasteiger charge is 2.33. The standard InChI is InChI=1S/C18H24N2O3S/c1-18(2,20-9-11-23-12-10-20)14-19-24(21,22)17-8-7-15-5-3-4-6-16(15)13-17/h3-8,13,19H,9-12,14H2,1-2H3/p+1. The second-order valence-corrected chi connectivity index (χ2v) is 8.70. The molecule has 2 aromatic carbocycles. The van der Waals surface area contributed by atoms with Crippen molar-refractivity contribution < 1.29 is 18.1 Å². The van der Waals surface area contributed by atoms with E-state index in [4.69, 9.17) is 4.74 Å². The Morgan fingerprint density at radius 3 is 2.46 bits per heavy atom. The van der Waals surface area contributed by atoms with Gasteiger partial charge in [0.05, 0.1) is 24.7 Å². The van der Waals surface area contributed by atoms with Gasteiger partial charge in [0, 0.05) is 0 Å². The van der Waals surface area contributed by atoms with Crippen LogP contribution >= 0.6 is 0 Å². The summed E-state index contributed by atoms with van der Waals surface area (Å²) in [6.45, 7) is 7.87. The maximum absolute atomic E-state index is 12.7. The smallest absolute Gasteiger partial charge is 0.240 e. The molecule has 0 atom stereocenters. The van der Waals surface area contributed by atoms with Crippen LogP contribution in [0.25, 0.3) is 10.8 Å². The molecule has 0 aliphatic carbocycles.